The highest BCUT2D eigenvalue weighted by atomic mass is 19.4. The van der Waals surface area contributed by atoms with Gasteiger partial charge in [-0.3, -0.25) is 9.59 Å². The number of benzene rings is 2. The first-order valence-corrected chi connectivity index (χ1v) is 10.8. The molecule has 0 atom stereocenters. The fraction of sp³-hybridized carbons (Fsp3) is 0.250. The van der Waals surface area contributed by atoms with E-state index in [-0.39, 0.29) is 34.9 Å². The summed E-state index contributed by atoms with van der Waals surface area (Å²) in [6, 6.07) is 4.50. The van der Waals surface area contributed by atoms with Gasteiger partial charge in [0.2, 0.25) is 0 Å². The van der Waals surface area contributed by atoms with E-state index in [0.717, 1.165) is 37.4 Å². The summed E-state index contributed by atoms with van der Waals surface area (Å²) < 4.78 is 95.0. The average molecular weight is 561 g/mol. The zero-order valence-corrected chi connectivity index (χ0v) is 20.5. The number of likely N-dealkylation sites (N-methyl/N-ethyl adjacent to an activating group) is 1. The fourth-order valence-corrected chi connectivity index (χ4v) is 3.59. The van der Waals surface area contributed by atoms with Crippen molar-refractivity contribution in [1.29, 1.82) is 0 Å². The van der Waals surface area contributed by atoms with Crippen molar-refractivity contribution >= 4 is 11.8 Å². The van der Waals surface area contributed by atoms with E-state index in [2.05, 4.69) is 14.8 Å². The number of nitrogens with one attached hydrogen (secondary N) is 1. The molecule has 0 spiro atoms. The molecule has 2 aromatic carbocycles. The van der Waals surface area contributed by atoms with Crippen LogP contribution in [0.2, 0.25) is 0 Å². The number of hydrogen-bond donors (Lipinski definition) is 2. The highest BCUT2D eigenvalue weighted by molar-refractivity contribution is 6.00. The van der Waals surface area contributed by atoms with Gasteiger partial charge in [-0.25, -0.2) is 0 Å². The Kier molecular flexibility index (Phi) is 8.22. The normalized spacial score (nSPS) is 13.7. The Hall–Kier alpha value is -4.56. The molecule has 2 amide bonds. The second kappa shape index (κ2) is 11.0. The molecule has 1 aliphatic rings. The third kappa shape index (κ3) is 7.72. The van der Waals surface area contributed by atoms with Crippen LogP contribution in [0.25, 0.3) is 0 Å². The van der Waals surface area contributed by atoms with Gasteiger partial charge in [-0.15, -0.1) is 26.3 Å². The van der Waals surface area contributed by atoms with E-state index in [4.69, 9.17) is 15.2 Å². The van der Waals surface area contributed by atoms with Crippen LogP contribution in [0, 0.1) is 6.92 Å². The van der Waals surface area contributed by atoms with Gasteiger partial charge in [-0.2, -0.15) is 0 Å². The number of halogens is 6. The van der Waals surface area contributed by atoms with Gasteiger partial charge in [0.15, 0.2) is 11.5 Å². The summed E-state index contributed by atoms with van der Waals surface area (Å²) in [6.07, 6.45) is -7.25. The van der Waals surface area contributed by atoms with Gasteiger partial charge in [-0.1, -0.05) is 0 Å². The number of hydrogen-bond acceptors (Lipinski definition) is 7. The predicted molar refractivity (Wildman–Crippen MR) is 123 cm³/mol. The van der Waals surface area contributed by atoms with Gasteiger partial charge in [-0.05, 0) is 42.8 Å². The minimum absolute atomic E-state index is 0.0124. The Labute approximate surface area is 217 Å². The molecule has 2 aromatic rings. The number of primary amides is 1. The summed E-state index contributed by atoms with van der Waals surface area (Å²) >= 11 is 0. The molecular weight excluding hydrogens is 540 g/mol. The monoisotopic (exact) mass is 561 g/mol. The number of nitrogens with two attached hydrogens (primary N) is 1. The summed E-state index contributed by atoms with van der Waals surface area (Å²) in [5, 5.41) is 2.59. The van der Waals surface area contributed by atoms with Crippen molar-refractivity contribution in [1.82, 2.24) is 10.2 Å². The SMILES string of the molecule is COc1cc(OC(F)(F)F)ccc1Oc1cc(OC(F)(F)F)cc(C)c1C(=O)NC1=CC=C(C(N)=O)N(C)C1. The largest absolute Gasteiger partial charge is 0.573 e. The Morgan fingerprint density at radius 1 is 0.923 bits per heavy atom. The summed E-state index contributed by atoms with van der Waals surface area (Å²) in [5.74, 6) is -3.79. The van der Waals surface area contributed by atoms with Crippen LogP contribution in [0.15, 0.2) is 53.9 Å². The van der Waals surface area contributed by atoms with Crippen LogP contribution < -0.4 is 30.0 Å². The van der Waals surface area contributed by atoms with Crippen LogP contribution in [0.5, 0.6) is 28.7 Å². The number of ether oxygens (including phenoxy) is 4. The third-order valence-electron chi connectivity index (χ3n) is 5.11. The lowest BCUT2D eigenvalue weighted by Gasteiger charge is -2.26. The number of aryl methyl sites for hydroxylation is 1. The van der Waals surface area contributed by atoms with Crippen molar-refractivity contribution < 1.29 is 54.9 Å². The molecule has 210 valence electrons. The first-order valence-electron chi connectivity index (χ1n) is 10.8. The second-order valence-corrected chi connectivity index (χ2v) is 8.04. The minimum atomic E-state index is -5.07. The molecule has 0 aromatic heterocycles. The number of alkyl halides is 6. The van der Waals surface area contributed by atoms with E-state index in [9.17, 15) is 35.9 Å². The number of nitrogens with zero attached hydrogens (tertiary/aromatic N) is 1. The Morgan fingerprint density at radius 3 is 2.10 bits per heavy atom. The maximum Gasteiger partial charge on any atom is 0.573 e. The van der Waals surface area contributed by atoms with Crippen LogP contribution in [0.4, 0.5) is 26.3 Å². The number of allylic oxidation sites excluding steroid dienone is 2. The van der Waals surface area contributed by atoms with Crippen molar-refractivity contribution in [3.63, 3.8) is 0 Å². The molecule has 0 fully saturated rings. The van der Waals surface area contributed by atoms with Crippen molar-refractivity contribution in [2.75, 3.05) is 20.7 Å². The molecular formula is C24H21F6N3O6. The highest BCUT2D eigenvalue weighted by Crippen LogP contribution is 2.40. The van der Waals surface area contributed by atoms with Gasteiger partial charge in [0.05, 0.1) is 19.2 Å². The molecule has 3 N–H and O–H groups in total. The average Bonchev–Trinajstić information content (AvgIpc) is 2.77. The Bertz CT molecular complexity index is 1340. The van der Waals surface area contributed by atoms with E-state index < -0.39 is 41.8 Å². The maximum atomic E-state index is 13.2. The van der Waals surface area contributed by atoms with Crippen molar-refractivity contribution in [2.24, 2.45) is 5.73 Å². The molecule has 0 saturated heterocycles. The smallest absolute Gasteiger partial charge is 0.493 e. The summed E-state index contributed by atoms with van der Waals surface area (Å²) in [4.78, 5) is 26.2. The molecule has 0 bridgehead atoms. The number of methoxy groups -OCH3 is 1. The summed E-state index contributed by atoms with van der Waals surface area (Å²) in [7, 11) is 2.67. The molecule has 1 heterocycles. The van der Waals surface area contributed by atoms with Crippen molar-refractivity contribution in [3.8, 4) is 28.7 Å². The molecule has 1 aliphatic heterocycles. The third-order valence-corrected chi connectivity index (χ3v) is 5.11. The molecule has 0 saturated carbocycles. The number of carbonyl (C=O) groups is 2. The zero-order valence-electron chi connectivity index (χ0n) is 20.5. The van der Waals surface area contributed by atoms with Crippen LogP contribution in [-0.4, -0.2) is 50.1 Å². The van der Waals surface area contributed by atoms with Gasteiger partial charge < -0.3 is 34.9 Å². The standard InChI is InChI=1S/C24H21F6N3O6/c1-12-8-15(39-24(28,29)30)10-19(37-17-7-5-14(9-18(17)36-3)38-23(25,26)27)20(12)22(35)32-13-4-6-16(21(31)34)33(2)11-13/h4-10H,11H2,1-3H3,(H2,31,34)(H,32,35). The molecule has 15 heteroatoms. The number of rotatable bonds is 8. The summed E-state index contributed by atoms with van der Waals surface area (Å²) in [5.41, 5.74) is 5.59. The van der Waals surface area contributed by atoms with Crippen molar-refractivity contribution in [3.05, 3.63) is 65.0 Å². The van der Waals surface area contributed by atoms with E-state index >= 15 is 0 Å². The van der Waals surface area contributed by atoms with Gasteiger partial charge in [0.1, 0.15) is 22.9 Å². The van der Waals surface area contributed by atoms with Crippen molar-refractivity contribution in [2.45, 2.75) is 19.6 Å². The zero-order chi connectivity index (χ0) is 29.1. The molecule has 3 rings (SSSR count). The Balaban J connectivity index is 2.01. The van der Waals surface area contributed by atoms with Crippen LogP contribution in [0.1, 0.15) is 15.9 Å². The lowest BCUT2D eigenvalue weighted by Crippen LogP contribution is -2.36. The van der Waals surface area contributed by atoms with Gasteiger partial charge >= 0.3 is 12.7 Å². The minimum Gasteiger partial charge on any atom is -0.493 e. The van der Waals surface area contributed by atoms with E-state index in [1.165, 1.54) is 24.0 Å². The number of carbonyl (C=O) groups excluding carboxylic acids is 2. The van der Waals surface area contributed by atoms with Crippen LogP contribution in [0.3, 0.4) is 0 Å². The van der Waals surface area contributed by atoms with Crippen LogP contribution >= 0.6 is 0 Å². The summed E-state index contributed by atoms with van der Waals surface area (Å²) in [6.45, 7) is 1.40. The van der Waals surface area contributed by atoms with E-state index in [1.54, 1.807) is 7.05 Å². The lowest BCUT2D eigenvalue weighted by atomic mass is 10.1. The van der Waals surface area contributed by atoms with Gasteiger partial charge in [0.25, 0.3) is 11.8 Å². The molecule has 39 heavy (non-hydrogen) atoms. The first-order chi connectivity index (χ1) is 18.1. The van der Waals surface area contributed by atoms with Crippen LogP contribution in [-0.2, 0) is 4.79 Å². The highest BCUT2D eigenvalue weighted by Gasteiger charge is 2.33. The van der Waals surface area contributed by atoms with E-state index in [0.29, 0.717) is 5.70 Å². The quantitative estimate of drug-likeness (QED) is 0.456. The molecule has 9 nitrogen and oxygen atoms in total. The molecule has 0 aliphatic carbocycles. The molecule has 0 unspecified atom stereocenters. The van der Waals surface area contributed by atoms with Gasteiger partial charge in [0, 0.05) is 24.9 Å². The first kappa shape index (κ1) is 29.0. The number of amides is 2. The lowest BCUT2D eigenvalue weighted by molar-refractivity contribution is -0.275. The fourth-order valence-electron chi connectivity index (χ4n) is 3.59. The predicted octanol–water partition coefficient (Wildman–Crippen LogP) is 4.52. The Morgan fingerprint density at radius 2 is 1.54 bits per heavy atom. The topological polar surface area (TPSA) is 112 Å². The second-order valence-electron chi connectivity index (χ2n) is 8.04. The maximum absolute atomic E-state index is 13.2. The molecule has 0 radical (unpaired) electrons. The van der Waals surface area contributed by atoms with E-state index in [1.807, 2.05) is 0 Å².